The average Bonchev–Trinajstić information content (AvgIpc) is 3.12. The van der Waals surface area contributed by atoms with Gasteiger partial charge in [-0.1, -0.05) is 0 Å². The number of nitrogens with two attached hydrogens (primary N) is 1. The molecule has 0 spiro atoms. The van der Waals surface area contributed by atoms with E-state index >= 15 is 0 Å². The first-order valence-corrected chi connectivity index (χ1v) is 8.73. The monoisotopic (exact) mass is 326 g/mol. The van der Waals surface area contributed by atoms with Gasteiger partial charge in [0.2, 0.25) is 10.0 Å². The summed E-state index contributed by atoms with van der Waals surface area (Å²) in [6, 6.07) is 4.40. The van der Waals surface area contributed by atoms with Crippen LogP contribution in [-0.2, 0) is 10.0 Å². The van der Waals surface area contributed by atoms with Crippen molar-refractivity contribution in [3.63, 3.8) is 0 Å². The number of benzene rings is 1. The molecule has 1 heterocycles. The molecule has 8 nitrogen and oxygen atoms in total. The average molecular weight is 326 g/mol. The highest BCUT2D eigenvalue weighted by molar-refractivity contribution is 7.89. The first kappa shape index (κ1) is 15.2. The SMILES string of the molecule is NS(=O)(=O)c1ccc(N(C2CC2)C2CCNC2)c([N+](=O)[O-])c1. The lowest BCUT2D eigenvalue weighted by molar-refractivity contribution is -0.384. The van der Waals surface area contributed by atoms with Gasteiger partial charge in [0.15, 0.2) is 0 Å². The molecule has 3 rings (SSSR count). The van der Waals surface area contributed by atoms with Gasteiger partial charge in [-0.15, -0.1) is 0 Å². The highest BCUT2D eigenvalue weighted by Gasteiger charge is 2.38. The van der Waals surface area contributed by atoms with Crippen LogP contribution in [0.1, 0.15) is 19.3 Å². The quantitative estimate of drug-likeness (QED) is 0.603. The van der Waals surface area contributed by atoms with Gasteiger partial charge in [-0.25, -0.2) is 13.6 Å². The number of primary sulfonamides is 1. The summed E-state index contributed by atoms with van der Waals surface area (Å²) >= 11 is 0. The maximum atomic E-state index is 11.4. The summed E-state index contributed by atoms with van der Waals surface area (Å²) in [6.45, 7) is 1.67. The third kappa shape index (κ3) is 2.92. The number of sulfonamides is 1. The highest BCUT2D eigenvalue weighted by atomic mass is 32.2. The van der Waals surface area contributed by atoms with E-state index < -0.39 is 14.9 Å². The van der Waals surface area contributed by atoms with Crippen LogP contribution < -0.4 is 15.4 Å². The highest BCUT2D eigenvalue weighted by Crippen LogP contribution is 2.40. The summed E-state index contributed by atoms with van der Waals surface area (Å²) in [6.07, 6.45) is 2.93. The Balaban J connectivity index is 2.06. The van der Waals surface area contributed by atoms with E-state index in [4.69, 9.17) is 5.14 Å². The van der Waals surface area contributed by atoms with Crippen molar-refractivity contribution in [2.45, 2.75) is 36.2 Å². The number of nitro benzene ring substituents is 1. The second-order valence-electron chi connectivity index (χ2n) is 5.74. The lowest BCUT2D eigenvalue weighted by Gasteiger charge is -2.30. The van der Waals surface area contributed by atoms with Crippen molar-refractivity contribution >= 4 is 21.4 Å². The Labute approximate surface area is 128 Å². The van der Waals surface area contributed by atoms with E-state index in [0.717, 1.165) is 38.4 Å². The van der Waals surface area contributed by atoms with E-state index in [1.807, 2.05) is 0 Å². The number of hydrogen-bond donors (Lipinski definition) is 2. The van der Waals surface area contributed by atoms with E-state index in [0.29, 0.717) is 11.7 Å². The number of hydrogen-bond acceptors (Lipinski definition) is 6. The molecule has 1 unspecified atom stereocenters. The fraction of sp³-hybridized carbons (Fsp3) is 0.538. The molecule has 0 aromatic heterocycles. The molecule has 2 aliphatic rings. The van der Waals surface area contributed by atoms with Crippen LogP contribution in [0, 0.1) is 10.1 Å². The van der Waals surface area contributed by atoms with Crippen LogP contribution >= 0.6 is 0 Å². The maximum Gasteiger partial charge on any atom is 0.293 e. The first-order valence-electron chi connectivity index (χ1n) is 7.18. The zero-order chi connectivity index (χ0) is 15.9. The Hall–Kier alpha value is -1.71. The lowest BCUT2D eigenvalue weighted by Crippen LogP contribution is -2.39. The molecule has 1 aromatic carbocycles. The van der Waals surface area contributed by atoms with Gasteiger partial charge in [0.25, 0.3) is 5.69 Å². The fourth-order valence-electron chi connectivity index (χ4n) is 2.97. The molecule has 0 bridgehead atoms. The second-order valence-corrected chi connectivity index (χ2v) is 7.30. The minimum atomic E-state index is -3.96. The van der Waals surface area contributed by atoms with Gasteiger partial charge < -0.3 is 10.2 Å². The molecule has 0 amide bonds. The molecule has 1 aliphatic heterocycles. The van der Waals surface area contributed by atoms with Crippen LogP contribution in [0.15, 0.2) is 23.1 Å². The van der Waals surface area contributed by atoms with Gasteiger partial charge in [-0.3, -0.25) is 10.1 Å². The molecule has 9 heteroatoms. The predicted octanol–water partition coefficient (Wildman–Crippen LogP) is 0.573. The van der Waals surface area contributed by atoms with Crippen molar-refractivity contribution in [2.75, 3.05) is 18.0 Å². The zero-order valence-corrected chi connectivity index (χ0v) is 12.8. The molecule has 120 valence electrons. The molecule has 1 saturated carbocycles. The second kappa shape index (κ2) is 5.49. The summed E-state index contributed by atoms with van der Waals surface area (Å²) in [5.41, 5.74) is 0.277. The Kier molecular flexibility index (Phi) is 3.79. The number of nitrogens with one attached hydrogen (secondary N) is 1. The molecule has 1 aromatic rings. The van der Waals surface area contributed by atoms with Crippen LogP contribution in [0.2, 0.25) is 0 Å². The van der Waals surface area contributed by atoms with E-state index in [1.54, 1.807) is 0 Å². The van der Waals surface area contributed by atoms with E-state index in [1.165, 1.54) is 12.1 Å². The van der Waals surface area contributed by atoms with Crippen molar-refractivity contribution in [2.24, 2.45) is 5.14 Å². The zero-order valence-electron chi connectivity index (χ0n) is 11.9. The van der Waals surface area contributed by atoms with Crippen LogP contribution in [-0.4, -0.2) is 38.5 Å². The van der Waals surface area contributed by atoms with Gasteiger partial charge in [0.1, 0.15) is 5.69 Å². The van der Waals surface area contributed by atoms with E-state index in [-0.39, 0.29) is 16.6 Å². The Morgan fingerprint density at radius 2 is 2.00 bits per heavy atom. The molecule has 0 radical (unpaired) electrons. The third-order valence-corrected chi connectivity index (χ3v) is 5.03. The van der Waals surface area contributed by atoms with Crippen molar-refractivity contribution in [3.8, 4) is 0 Å². The Morgan fingerprint density at radius 3 is 2.50 bits per heavy atom. The molecule has 1 aliphatic carbocycles. The van der Waals surface area contributed by atoms with E-state index in [9.17, 15) is 18.5 Å². The lowest BCUT2D eigenvalue weighted by atomic mass is 10.1. The Morgan fingerprint density at radius 1 is 1.27 bits per heavy atom. The molecule has 1 atom stereocenters. The van der Waals surface area contributed by atoms with Crippen LogP contribution in [0.3, 0.4) is 0 Å². The van der Waals surface area contributed by atoms with Gasteiger partial charge in [-0.05, 0) is 37.9 Å². The summed E-state index contributed by atoms with van der Waals surface area (Å²) in [5.74, 6) is 0. The predicted molar refractivity (Wildman–Crippen MR) is 81.2 cm³/mol. The van der Waals surface area contributed by atoms with Crippen molar-refractivity contribution in [1.82, 2.24) is 5.32 Å². The summed E-state index contributed by atoms with van der Waals surface area (Å²) in [5, 5.41) is 19.7. The number of rotatable bonds is 5. The van der Waals surface area contributed by atoms with Gasteiger partial charge in [-0.2, -0.15) is 0 Å². The summed E-state index contributed by atoms with van der Waals surface area (Å²) in [7, 11) is -3.96. The fourth-order valence-corrected chi connectivity index (χ4v) is 3.50. The summed E-state index contributed by atoms with van der Waals surface area (Å²) < 4.78 is 22.8. The van der Waals surface area contributed by atoms with Crippen LogP contribution in [0.25, 0.3) is 0 Å². The van der Waals surface area contributed by atoms with Crippen molar-refractivity contribution in [1.29, 1.82) is 0 Å². The topological polar surface area (TPSA) is 119 Å². The molecule has 22 heavy (non-hydrogen) atoms. The Bertz CT molecular complexity index is 696. The van der Waals surface area contributed by atoms with Gasteiger partial charge in [0, 0.05) is 24.7 Å². The first-order chi connectivity index (χ1) is 10.4. The molecule has 1 saturated heterocycles. The third-order valence-electron chi connectivity index (χ3n) is 4.12. The van der Waals surface area contributed by atoms with Gasteiger partial charge in [0.05, 0.1) is 9.82 Å². The standard InChI is InChI=1S/C13H18N4O4S/c14-22(20,21)11-3-4-12(13(7-11)17(18)19)16(9-1-2-9)10-5-6-15-8-10/h3-4,7,9-10,15H,1-2,5-6,8H2,(H2,14,20,21). The van der Waals surface area contributed by atoms with Crippen molar-refractivity contribution in [3.05, 3.63) is 28.3 Å². The van der Waals surface area contributed by atoms with Crippen LogP contribution in [0.4, 0.5) is 11.4 Å². The number of nitrogens with zero attached hydrogens (tertiary/aromatic N) is 2. The van der Waals surface area contributed by atoms with Crippen LogP contribution in [0.5, 0.6) is 0 Å². The number of anilines is 1. The minimum Gasteiger partial charge on any atom is -0.359 e. The van der Waals surface area contributed by atoms with Crippen molar-refractivity contribution < 1.29 is 13.3 Å². The molecular weight excluding hydrogens is 308 g/mol. The molecule has 3 N–H and O–H groups in total. The van der Waals surface area contributed by atoms with E-state index in [2.05, 4.69) is 10.2 Å². The number of nitro groups is 1. The smallest absolute Gasteiger partial charge is 0.293 e. The molecule has 2 fully saturated rings. The largest absolute Gasteiger partial charge is 0.359 e. The molecular formula is C13H18N4O4S. The normalized spacial score (nSPS) is 21.8. The maximum absolute atomic E-state index is 11.4. The minimum absolute atomic E-state index is 0.200. The van der Waals surface area contributed by atoms with Gasteiger partial charge >= 0.3 is 0 Å². The summed E-state index contributed by atoms with van der Waals surface area (Å²) in [4.78, 5) is 12.7.